The number of carbonyl (C=O) groups excluding carboxylic acids is 2. The highest BCUT2D eigenvalue weighted by atomic mass is 19.1. The summed E-state index contributed by atoms with van der Waals surface area (Å²) in [5, 5.41) is 20.4. The number of aliphatic hydroxyl groups is 1. The van der Waals surface area contributed by atoms with Crippen molar-refractivity contribution in [3.05, 3.63) is 58.5 Å². The number of hydrogen-bond donors (Lipinski definition) is 2. The van der Waals surface area contributed by atoms with Gasteiger partial charge in [-0.1, -0.05) is 19.4 Å². The van der Waals surface area contributed by atoms with Crippen molar-refractivity contribution >= 4 is 30.1 Å². The topological polar surface area (TPSA) is 107 Å². The van der Waals surface area contributed by atoms with Crippen LogP contribution in [0.25, 0.3) is 0 Å². The molecule has 0 saturated carbocycles. The number of aromatic nitrogens is 1. The summed E-state index contributed by atoms with van der Waals surface area (Å²) in [5.74, 6) is -1.46. The minimum absolute atomic E-state index is 0.142. The molecule has 2 heterocycles. The van der Waals surface area contributed by atoms with Crippen molar-refractivity contribution in [1.82, 2.24) is 9.88 Å². The van der Waals surface area contributed by atoms with Crippen LogP contribution in [0.5, 0.6) is 0 Å². The largest absolute Gasteiger partial charge is 0.381 e. The van der Waals surface area contributed by atoms with Crippen LogP contribution in [-0.2, 0) is 17.8 Å². The Morgan fingerprint density at radius 3 is 2.79 bits per heavy atom. The summed E-state index contributed by atoms with van der Waals surface area (Å²) < 4.78 is 14.7. The van der Waals surface area contributed by atoms with Crippen molar-refractivity contribution in [3.63, 3.8) is 0 Å². The van der Waals surface area contributed by atoms with Crippen LogP contribution in [0.4, 0.5) is 10.2 Å². The second-order valence-corrected chi connectivity index (χ2v) is 8.37. The number of benzene rings is 1. The number of nitrogens with one attached hydrogen (secondary N) is 1. The first-order valence-corrected chi connectivity index (χ1v) is 10.9. The van der Waals surface area contributed by atoms with E-state index in [1.807, 2.05) is 6.92 Å². The van der Waals surface area contributed by atoms with Crippen molar-refractivity contribution in [2.75, 3.05) is 11.9 Å². The highest BCUT2D eigenvalue weighted by Gasteiger charge is 2.32. The van der Waals surface area contributed by atoms with Crippen molar-refractivity contribution in [2.45, 2.75) is 52.2 Å². The predicted octanol–water partition coefficient (Wildman–Crippen LogP) is 3.33. The summed E-state index contributed by atoms with van der Waals surface area (Å²) in [7, 11) is 0. The minimum Gasteiger partial charge on any atom is -0.381 e. The molecule has 174 valence electrons. The lowest BCUT2D eigenvalue weighted by atomic mass is 9.95. The molecule has 1 aromatic heterocycles. The fourth-order valence-corrected chi connectivity index (χ4v) is 3.42. The molecular formula is C24H28FN5O3. The summed E-state index contributed by atoms with van der Waals surface area (Å²) in [5.41, 5.74) is 0.261. The van der Waals surface area contributed by atoms with Gasteiger partial charge >= 0.3 is 0 Å². The molecule has 9 heteroatoms. The Hall–Kier alpha value is -3.46. The highest BCUT2D eigenvalue weighted by molar-refractivity contribution is 6.04. The molecule has 0 bridgehead atoms. The zero-order valence-electron chi connectivity index (χ0n) is 19.0. The van der Waals surface area contributed by atoms with Gasteiger partial charge in [0.25, 0.3) is 11.8 Å². The van der Waals surface area contributed by atoms with E-state index < -0.39 is 23.2 Å². The first-order valence-electron chi connectivity index (χ1n) is 10.9. The predicted molar refractivity (Wildman–Crippen MR) is 125 cm³/mol. The number of carbonyl (C=O) groups is 2. The van der Waals surface area contributed by atoms with Gasteiger partial charge in [-0.15, -0.1) is 0 Å². The van der Waals surface area contributed by atoms with Gasteiger partial charge in [0, 0.05) is 19.3 Å². The third-order valence-electron chi connectivity index (χ3n) is 5.13. The van der Waals surface area contributed by atoms with Crippen LogP contribution in [0, 0.1) is 5.82 Å². The average molecular weight is 454 g/mol. The lowest BCUT2D eigenvalue weighted by Gasteiger charge is -2.33. The van der Waals surface area contributed by atoms with Gasteiger partial charge in [0.1, 0.15) is 17.2 Å². The summed E-state index contributed by atoms with van der Waals surface area (Å²) in [6.45, 7) is 5.47. The maximum absolute atomic E-state index is 14.7. The van der Waals surface area contributed by atoms with Crippen LogP contribution in [0.1, 0.15) is 60.8 Å². The first-order chi connectivity index (χ1) is 15.7. The third-order valence-corrected chi connectivity index (χ3v) is 5.13. The molecule has 2 aromatic rings. The number of rotatable bonds is 7. The van der Waals surface area contributed by atoms with E-state index in [1.54, 1.807) is 24.4 Å². The fourth-order valence-electron chi connectivity index (χ4n) is 3.42. The first kappa shape index (κ1) is 24.2. The van der Waals surface area contributed by atoms with Crippen LogP contribution in [-0.4, -0.2) is 51.4 Å². The molecule has 1 aromatic carbocycles. The highest BCUT2D eigenvalue weighted by Crippen LogP contribution is 2.25. The van der Waals surface area contributed by atoms with E-state index in [0.717, 1.165) is 18.4 Å². The van der Waals surface area contributed by atoms with Crippen molar-refractivity contribution < 1.29 is 19.1 Å². The van der Waals surface area contributed by atoms with Crippen molar-refractivity contribution in [2.24, 2.45) is 10.2 Å². The van der Waals surface area contributed by atoms with Gasteiger partial charge in [0.2, 0.25) is 0 Å². The monoisotopic (exact) mass is 453 g/mol. The fraction of sp³-hybridized carbons (Fsp3) is 0.375. The average Bonchev–Trinajstić information content (AvgIpc) is 2.77. The molecule has 1 aliphatic rings. The lowest BCUT2D eigenvalue weighted by Crippen LogP contribution is -2.47. The number of nitrogens with zero attached hydrogens (tertiary/aromatic N) is 4. The Morgan fingerprint density at radius 1 is 1.27 bits per heavy atom. The summed E-state index contributed by atoms with van der Waals surface area (Å²) in [6, 6.07) is 7.79. The number of fused-ring (bicyclic) bond motifs is 1. The van der Waals surface area contributed by atoms with Crippen LogP contribution in [0.2, 0.25) is 0 Å². The van der Waals surface area contributed by atoms with Gasteiger partial charge < -0.3 is 15.3 Å². The standard InChI is InChI=1S/C24H28FN5O3/c1-4-5-10-26-27-14-18-7-6-8-21(28-18)29-22(31)19-12-17-15-30(23(32)24(2,3)33)11-9-16(17)13-20(19)25/h6-8,10,12-14,33H,4-5,9,11,15H2,1-3H3,(H,28,29,31)/b26-10+,27-14+. The second kappa shape index (κ2) is 10.4. The van der Waals surface area contributed by atoms with Gasteiger partial charge in [-0.2, -0.15) is 10.2 Å². The van der Waals surface area contributed by atoms with Gasteiger partial charge in [0.15, 0.2) is 0 Å². The zero-order chi connectivity index (χ0) is 24.0. The number of amides is 2. The molecule has 0 spiro atoms. The van der Waals surface area contributed by atoms with E-state index in [2.05, 4.69) is 20.5 Å². The molecular weight excluding hydrogens is 425 g/mol. The molecule has 33 heavy (non-hydrogen) atoms. The quantitative estimate of drug-likeness (QED) is 0.495. The number of anilines is 1. The molecule has 0 unspecified atom stereocenters. The van der Waals surface area contributed by atoms with Crippen LogP contribution < -0.4 is 5.32 Å². The molecule has 0 atom stereocenters. The molecule has 1 aliphatic heterocycles. The minimum atomic E-state index is -1.50. The SMILES string of the molecule is CCC/C=N/N=C/c1cccc(NC(=O)c2cc3c(cc2F)CCN(C(=O)C(C)(C)O)C3)n1. The van der Waals surface area contributed by atoms with E-state index in [4.69, 9.17) is 0 Å². The Balaban J connectivity index is 1.75. The Kier molecular flexibility index (Phi) is 7.65. The molecule has 0 radical (unpaired) electrons. The normalized spacial score (nSPS) is 14.0. The molecule has 0 fully saturated rings. The van der Waals surface area contributed by atoms with Crippen LogP contribution >= 0.6 is 0 Å². The van der Waals surface area contributed by atoms with Crippen molar-refractivity contribution in [3.8, 4) is 0 Å². The van der Waals surface area contributed by atoms with Gasteiger partial charge in [-0.05, 0) is 62.1 Å². The van der Waals surface area contributed by atoms with E-state index in [1.165, 1.54) is 37.1 Å². The van der Waals surface area contributed by atoms with Crippen LogP contribution in [0.15, 0.2) is 40.5 Å². The van der Waals surface area contributed by atoms with Gasteiger partial charge in [-0.3, -0.25) is 9.59 Å². The molecule has 0 saturated heterocycles. The summed E-state index contributed by atoms with van der Waals surface area (Å²) in [6.07, 6.45) is 5.43. The van der Waals surface area contributed by atoms with Gasteiger partial charge in [0.05, 0.1) is 17.5 Å². The second-order valence-electron chi connectivity index (χ2n) is 8.37. The third kappa shape index (κ3) is 6.29. The van der Waals surface area contributed by atoms with E-state index in [9.17, 15) is 19.1 Å². The Morgan fingerprint density at radius 2 is 2.06 bits per heavy atom. The maximum Gasteiger partial charge on any atom is 0.259 e. The molecule has 3 rings (SSSR count). The van der Waals surface area contributed by atoms with Gasteiger partial charge in [-0.25, -0.2) is 9.37 Å². The van der Waals surface area contributed by atoms with Crippen molar-refractivity contribution in [1.29, 1.82) is 0 Å². The number of halogens is 1. The maximum atomic E-state index is 14.7. The number of pyridine rings is 1. The molecule has 2 N–H and O–H groups in total. The Bertz CT molecular complexity index is 1090. The Labute approximate surface area is 192 Å². The molecule has 0 aliphatic carbocycles. The molecule has 2 amide bonds. The van der Waals surface area contributed by atoms with E-state index in [-0.39, 0.29) is 17.9 Å². The molecule has 8 nitrogen and oxygen atoms in total. The summed E-state index contributed by atoms with van der Waals surface area (Å²) in [4.78, 5) is 31.0. The van der Waals surface area contributed by atoms with Crippen LogP contribution in [0.3, 0.4) is 0 Å². The van der Waals surface area contributed by atoms with E-state index >= 15 is 0 Å². The van der Waals surface area contributed by atoms with E-state index in [0.29, 0.717) is 24.2 Å². The smallest absolute Gasteiger partial charge is 0.259 e. The zero-order valence-corrected chi connectivity index (χ0v) is 19.0. The summed E-state index contributed by atoms with van der Waals surface area (Å²) >= 11 is 0. The number of unbranched alkanes of at least 4 members (excludes halogenated alkanes) is 1. The lowest BCUT2D eigenvalue weighted by molar-refractivity contribution is -0.148. The number of hydrogen-bond acceptors (Lipinski definition) is 6.